The minimum absolute atomic E-state index is 0.0956. The number of carbonyl (C=O) groups is 1. The number of hydrogen-bond acceptors (Lipinski definition) is 4. The maximum absolute atomic E-state index is 13.1. The van der Waals surface area contributed by atoms with Crippen molar-refractivity contribution in [1.29, 1.82) is 0 Å². The van der Waals surface area contributed by atoms with Crippen LogP contribution in [0.25, 0.3) is 10.1 Å². The molecule has 1 amide bonds. The Labute approximate surface area is 176 Å². The molecule has 1 N–H and O–H groups in total. The number of carbonyl (C=O) groups excluding carboxylic acids is 1. The zero-order valence-corrected chi connectivity index (χ0v) is 18.7. The van der Waals surface area contributed by atoms with Gasteiger partial charge in [0.1, 0.15) is 0 Å². The molecule has 5 nitrogen and oxygen atoms in total. The van der Waals surface area contributed by atoms with Crippen molar-refractivity contribution in [3.8, 4) is 0 Å². The second-order valence-electron chi connectivity index (χ2n) is 7.10. The van der Waals surface area contributed by atoms with Gasteiger partial charge < -0.3 is 5.32 Å². The quantitative estimate of drug-likeness (QED) is 0.576. The van der Waals surface area contributed by atoms with Crippen molar-refractivity contribution in [2.75, 3.05) is 10.8 Å². The molecule has 0 radical (unpaired) electrons. The molecule has 3 rings (SSSR count). The van der Waals surface area contributed by atoms with Gasteiger partial charge >= 0.3 is 0 Å². The maximum Gasteiger partial charge on any atom is 0.264 e. The number of fused-ring (bicyclic) bond motifs is 1. The van der Waals surface area contributed by atoms with Crippen molar-refractivity contribution in [3.05, 3.63) is 59.0 Å². The van der Waals surface area contributed by atoms with Gasteiger partial charge in [-0.25, -0.2) is 8.42 Å². The molecule has 1 unspecified atom stereocenters. The van der Waals surface area contributed by atoms with Gasteiger partial charge in [0, 0.05) is 17.3 Å². The topological polar surface area (TPSA) is 66.5 Å². The van der Waals surface area contributed by atoms with E-state index in [4.69, 9.17) is 0 Å². The molecular weight excluding hydrogens is 404 g/mol. The lowest BCUT2D eigenvalue weighted by Crippen LogP contribution is -2.31. The molecule has 0 aliphatic carbocycles. The van der Waals surface area contributed by atoms with E-state index in [0.29, 0.717) is 17.1 Å². The number of nitrogens with zero attached hydrogens (tertiary/aromatic N) is 1. The van der Waals surface area contributed by atoms with Gasteiger partial charge in [0.2, 0.25) is 0 Å². The molecule has 3 aromatic rings. The lowest BCUT2D eigenvalue weighted by Gasteiger charge is -2.23. The smallest absolute Gasteiger partial charge is 0.264 e. The molecule has 0 spiro atoms. The number of benzene rings is 2. The zero-order chi connectivity index (χ0) is 21.2. The minimum atomic E-state index is -3.66. The second kappa shape index (κ2) is 8.55. The van der Waals surface area contributed by atoms with E-state index in [2.05, 4.69) is 5.32 Å². The van der Waals surface area contributed by atoms with E-state index < -0.39 is 10.0 Å². The highest BCUT2D eigenvalue weighted by Crippen LogP contribution is 2.32. The third-order valence-corrected chi connectivity index (χ3v) is 7.93. The van der Waals surface area contributed by atoms with Crippen LogP contribution in [-0.2, 0) is 10.0 Å². The van der Waals surface area contributed by atoms with Crippen LogP contribution in [0.4, 0.5) is 5.69 Å². The molecule has 2 aromatic carbocycles. The summed E-state index contributed by atoms with van der Waals surface area (Å²) < 4.78 is 28.6. The lowest BCUT2D eigenvalue weighted by molar-refractivity contribution is 0.0943. The SMILES string of the molecule is CCC(C)NC(=O)c1cc2cc(N(CC)S(=O)(=O)c3ccc(C)cc3)ccc2s1. The molecule has 1 aromatic heterocycles. The first-order valence-corrected chi connectivity index (χ1v) is 12.0. The molecule has 0 bridgehead atoms. The van der Waals surface area contributed by atoms with Crippen LogP contribution in [-0.4, -0.2) is 26.9 Å². The van der Waals surface area contributed by atoms with Gasteiger partial charge in [0.05, 0.1) is 15.5 Å². The first kappa shape index (κ1) is 21.3. The van der Waals surface area contributed by atoms with E-state index in [9.17, 15) is 13.2 Å². The summed E-state index contributed by atoms with van der Waals surface area (Å²) in [6, 6.07) is 14.3. The summed E-state index contributed by atoms with van der Waals surface area (Å²) in [7, 11) is -3.66. The standard InChI is InChI=1S/C22H26N2O3S2/c1-5-16(4)23-22(25)21-14-17-13-18(9-12-20(17)28-21)24(6-2)29(26,27)19-10-7-15(3)8-11-19/h7-14,16H,5-6H2,1-4H3,(H,23,25). The van der Waals surface area contributed by atoms with Crippen molar-refractivity contribution in [3.63, 3.8) is 0 Å². The minimum Gasteiger partial charge on any atom is -0.349 e. The first-order chi connectivity index (χ1) is 13.8. The van der Waals surface area contributed by atoms with Crippen molar-refractivity contribution in [2.45, 2.75) is 45.1 Å². The van der Waals surface area contributed by atoms with Crippen molar-refractivity contribution in [1.82, 2.24) is 5.32 Å². The first-order valence-electron chi connectivity index (χ1n) is 9.70. The Hall–Kier alpha value is -2.38. The number of hydrogen-bond donors (Lipinski definition) is 1. The Balaban J connectivity index is 1.95. The van der Waals surface area contributed by atoms with E-state index in [0.717, 1.165) is 22.1 Å². The van der Waals surface area contributed by atoms with Crippen molar-refractivity contribution in [2.24, 2.45) is 0 Å². The number of anilines is 1. The fraction of sp³-hybridized carbons (Fsp3) is 0.318. The van der Waals surface area contributed by atoms with Crippen LogP contribution in [0, 0.1) is 6.92 Å². The third-order valence-electron chi connectivity index (χ3n) is 4.90. The van der Waals surface area contributed by atoms with Gasteiger partial charge in [-0.15, -0.1) is 11.3 Å². The summed E-state index contributed by atoms with van der Waals surface area (Å²) in [5.41, 5.74) is 1.60. The zero-order valence-electron chi connectivity index (χ0n) is 17.1. The number of aryl methyl sites for hydroxylation is 1. The average molecular weight is 431 g/mol. The molecule has 1 atom stereocenters. The molecule has 7 heteroatoms. The monoisotopic (exact) mass is 430 g/mol. The van der Waals surface area contributed by atoms with Gasteiger partial charge in [-0.05, 0) is 69.0 Å². The number of nitrogens with one attached hydrogen (secondary N) is 1. The van der Waals surface area contributed by atoms with Gasteiger partial charge in [-0.1, -0.05) is 24.6 Å². The van der Waals surface area contributed by atoms with E-state index in [1.54, 1.807) is 30.3 Å². The summed E-state index contributed by atoms with van der Waals surface area (Å²) >= 11 is 1.41. The molecule has 154 valence electrons. The van der Waals surface area contributed by atoms with Gasteiger partial charge in [-0.3, -0.25) is 9.10 Å². The molecule has 0 aliphatic rings. The summed E-state index contributed by atoms with van der Waals surface area (Å²) in [5, 5.41) is 3.83. The Morgan fingerprint density at radius 3 is 2.41 bits per heavy atom. The molecule has 0 fully saturated rings. The summed E-state index contributed by atoms with van der Waals surface area (Å²) in [6.45, 7) is 8.05. The molecule has 29 heavy (non-hydrogen) atoms. The fourth-order valence-corrected chi connectivity index (χ4v) is 5.44. The molecule has 0 saturated carbocycles. The lowest BCUT2D eigenvalue weighted by atomic mass is 10.2. The second-order valence-corrected chi connectivity index (χ2v) is 10.0. The van der Waals surface area contributed by atoms with Crippen LogP contribution in [0.2, 0.25) is 0 Å². The fourth-order valence-electron chi connectivity index (χ4n) is 3.02. The highest BCUT2D eigenvalue weighted by atomic mass is 32.2. The molecular formula is C22H26N2O3S2. The third kappa shape index (κ3) is 4.46. The summed E-state index contributed by atoms with van der Waals surface area (Å²) in [5.74, 6) is -0.0956. The van der Waals surface area contributed by atoms with Gasteiger partial charge in [0.15, 0.2) is 0 Å². The largest absolute Gasteiger partial charge is 0.349 e. The van der Waals surface area contributed by atoms with E-state index in [-0.39, 0.29) is 16.8 Å². The number of amides is 1. The predicted molar refractivity (Wildman–Crippen MR) is 120 cm³/mol. The van der Waals surface area contributed by atoms with Crippen LogP contribution in [0.15, 0.2) is 53.4 Å². The van der Waals surface area contributed by atoms with E-state index in [1.165, 1.54) is 15.6 Å². The Kier molecular flexibility index (Phi) is 6.29. The number of thiophene rings is 1. The summed E-state index contributed by atoms with van der Waals surface area (Å²) in [4.78, 5) is 13.3. The Morgan fingerprint density at radius 2 is 1.79 bits per heavy atom. The van der Waals surface area contributed by atoms with Crippen LogP contribution < -0.4 is 9.62 Å². The molecule has 1 heterocycles. The van der Waals surface area contributed by atoms with Gasteiger partial charge in [-0.2, -0.15) is 0 Å². The predicted octanol–water partition coefficient (Wildman–Crippen LogP) is 4.95. The Bertz CT molecular complexity index is 1120. The van der Waals surface area contributed by atoms with E-state index in [1.807, 2.05) is 45.9 Å². The highest BCUT2D eigenvalue weighted by molar-refractivity contribution is 7.92. The van der Waals surface area contributed by atoms with Crippen molar-refractivity contribution < 1.29 is 13.2 Å². The molecule has 0 aliphatic heterocycles. The highest BCUT2D eigenvalue weighted by Gasteiger charge is 2.24. The van der Waals surface area contributed by atoms with Crippen LogP contribution in [0.3, 0.4) is 0 Å². The van der Waals surface area contributed by atoms with Crippen LogP contribution >= 0.6 is 11.3 Å². The summed E-state index contributed by atoms with van der Waals surface area (Å²) in [6.07, 6.45) is 0.864. The Morgan fingerprint density at radius 1 is 1.10 bits per heavy atom. The maximum atomic E-state index is 13.1. The van der Waals surface area contributed by atoms with Crippen LogP contribution in [0.1, 0.15) is 42.4 Å². The normalized spacial score (nSPS) is 12.7. The number of sulfonamides is 1. The average Bonchev–Trinajstić information content (AvgIpc) is 3.12. The number of rotatable bonds is 7. The van der Waals surface area contributed by atoms with Crippen LogP contribution in [0.5, 0.6) is 0 Å². The van der Waals surface area contributed by atoms with Gasteiger partial charge in [0.25, 0.3) is 15.9 Å². The van der Waals surface area contributed by atoms with E-state index >= 15 is 0 Å². The molecule has 0 saturated heterocycles. The van der Waals surface area contributed by atoms with Crippen molar-refractivity contribution >= 4 is 43.0 Å².